The van der Waals surface area contributed by atoms with Crippen molar-refractivity contribution in [2.24, 2.45) is 0 Å². The number of nitrogens with one attached hydrogen (secondary N) is 1. The fourth-order valence-corrected chi connectivity index (χ4v) is 4.40. The Bertz CT molecular complexity index is 1240. The van der Waals surface area contributed by atoms with Crippen molar-refractivity contribution in [3.05, 3.63) is 34.6 Å². The summed E-state index contributed by atoms with van der Waals surface area (Å²) in [5.74, 6) is -0.182. The van der Waals surface area contributed by atoms with Gasteiger partial charge in [0.15, 0.2) is 22.5 Å². The van der Waals surface area contributed by atoms with E-state index >= 15 is 0 Å². The molecule has 0 amide bonds. The zero-order valence-corrected chi connectivity index (χ0v) is 17.7. The van der Waals surface area contributed by atoms with Crippen LogP contribution in [-0.4, -0.2) is 69.5 Å². The molecule has 1 fully saturated rings. The van der Waals surface area contributed by atoms with Gasteiger partial charge in [0.25, 0.3) is 5.56 Å². The van der Waals surface area contributed by atoms with E-state index in [4.69, 9.17) is 20.3 Å². The Morgan fingerprint density at radius 1 is 1.22 bits per heavy atom. The molecule has 14 nitrogen and oxygen atoms in total. The maximum absolute atomic E-state index is 12.3. The Balaban J connectivity index is 1.77. The number of aromatic nitrogens is 4. The smallest absolute Gasteiger partial charge is 0.469 e. The molecule has 1 saturated heterocycles. The molecule has 0 spiro atoms. The molecule has 32 heavy (non-hydrogen) atoms. The largest absolute Gasteiger partial charge is 0.508 e. The van der Waals surface area contributed by atoms with Crippen molar-refractivity contribution >= 4 is 36.7 Å². The van der Waals surface area contributed by atoms with Crippen LogP contribution >= 0.6 is 19.6 Å². The van der Waals surface area contributed by atoms with Crippen molar-refractivity contribution in [1.82, 2.24) is 19.5 Å². The first kappa shape index (κ1) is 22.7. The number of phenolic OH excluding ortho intramolecular Hbond substituents is 1. The molecular formula is C16H18N5O9PS. The summed E-state index contributed by atoms with van der Waals surface area (Å²) in [5.41, 5.74) is 4.86. The second-order valence-electron chi connectivity index (χ2n) is 6.82. The summed E-state index contributed by atoms with van der Waals surface area (Å²) in [7, 11) is -4.85. The lowest BCUT2D eigenvalue weighted by molar-refractivity contribution is -0.0541. The number of phenols is 1. The normalized spacial score (nSPS) is 23.8. The monoisotopic (exact) mass is 487 g/mol. The number of phosphoric ester groups is 1. The molecule has 0 aliphatic carbocycles. The molecule has 1 aromatic carbocycles. The zero-order valence-electron chi connectivity index (χ0n) is 16.0. The van der Waals surface area contributed by atoms with Crippen LogP contribution in [0, 0.1) is 0 Å². The van der Waals surface area contributed by atoms with Gasteiger partial charge in [-0.15, -0.1) is 0 Å². The average molecular weight is 487 g/mol. The Morgan fingerprint density at radius 3 is 2.56 bits per heavy atom. The molecule has 0 saturated carbocycles. The summed E-state index contributed by atoms with van der Waals surface area (Å²) >= 11 is 1.05. The van der Waals surface area contributed by atoms with Crippen molar-refractivity contribution in [2.45, 2.75) is 34.6 Å². The van der Waals surface area contributed by atoms with Crippen LogP contribution in [0.5, 0.6) is 5.75 Å². The number of ether oxygens (including phenoxy) is 1. The number of H-pyrrole nitrogens is 1. The van der Waals surface area contributed by atoms with Crippen molar-refractivity contribution in [2.75, 3.05) is 12.3 Å². The van der Waals surface area contributed by atoms with E-state index in [1.54, 1.807) is 12.1 Å². The molecule has 2 aromatic heterocycles. The number of phosphoric acid groups is 1. The lowest BCUT2D eigenvalue weighted by atomic mass is 10.1. The van der Waals surface area contributed by atoms with Crippen LogP contribution in [0.1, 0.15) is 6.23 Å². The van der Waals surface area contributed by atoms with Crippen LogP contribution in [-0.2, 0) is 13.8 Å². The van der Waals surface area contributed by atoms with Crippen LogP contribution in [0.15, 0.2) is 39.1 Å². The van der Waals surface area contributed by atoms with Gasteiger partial charge in [-0.05, 0) is 24.3 Å². The second kappa shape index (κ2) is 8.46. The number of imidazole rings is 1. The average Bonchev–Trinajstić information content (AvgIpc) is 3.19. The molecule has 4 rings (SSSR count). The highest BCUT2D eigenvalue weighted by molar-refractivity contribution is 7.99. The Morgan fingerprint density at radius 2 is 1.91 bits per heavy atom. The van der Waals surface area contributed by atoms with Gasteiger partial charge in [0.1, 0.15) is 24.1 Å². The number of benzene rings is 1. The van der Waals surface area contributed by atoms with Crippen LogP contribution in [0.4, 0.5) is 5.95 Å². The lowest BCUT2D eigenvalue weighted by Gasteiger charge is -2.19. The number of aliphatic hydroxyl groups is 2. The van der Waals surface area contributed by atoms with Crippen LogP contribution in [0.25, 0.3) is 11.2 Å². The number of nitrogens with two attached hydrogens (primary N) is 1. The number of hydrogen-bond acceptors (Lipinski definition) is 11. The van der Waals surface area contributed by atoms with E-state index in [-0.39, 0.29) is 28.0 Å². The van der Waals surface area contributed by atoms with Gasteiger partial charge < -0.3 is 35.6 Å². The minimum atomic E-state index is -4.85. The lowest BCUT2D eigenvalue weighted by Crippen LogP contribution is -2.33. The molecule has 16 heteroatoms. The molecule has 172 valence electrons. The Kier molecular flexibility index (Phi) is 6.00. The molecule has 4 atom stereocenters. The molecule has 1 aliphatic rings. The number of anilines is 1. The van der Waals surface area contributed by atoms with E-state index in [1.807, 2.05) is 0 Å². The summed E-state index contributed by atoms with van der Waals surface area (Å²) in [6.07, 6.45) is -5.80. The number of aromatic hydroxyl groups is 1. The molecular weight excluding hydrogens is 469 g/mol. The van der Waals surface area contributed by atoms with Gasteiger partial charge in [-0.3, -0.25) is 18.9 Å². The van der Waals surface area contributed by atoms with E-state index < -0.39 is 44.5 Å². The van der Waals surface area contributed by atoms with E-state index in [2.05, 4.69) is 19.5 Å². The molecule has 0 bridgehead atoms. The number of fused-ring (bicyclic) bond motifs is 1. The molecule has 8 N–H and O–H groups in total. The van der Waals surface area contributed by atoms with Gasteiger partial charge in [0, 0.05) is 4.90 Å². The van der Waals surface area contributed by atoms with E-state index in [9.17, 15) is 24.7 Å². The van der Waals surface area contributed by atoms with E-state index in [1.165, 1.54) is 16.7 Å². The molecule has 0 unspecified atom stereocenters. The fraction of sp³-hybridized carbons (Fsp3) is 0.312. The Labute approximate surface area is 182 Å². The summed E-state index contributed by atoms with van der Waals surface area (Å²) in [6, 6.07) is 6.07. The second-order valence-corrected chi connectivity index (χ2v) is 9.10. The number of hydrogen-bond donors (Lipinski definition) is 7. The van der Waals surface area contributed by atoms with Crippen molar-refractivity contribution in [3.63, 3.8) is 0 Å². The minimum Gasteiger partial charge on any atom is -0.508 e. The number of nitrogens with zero attached hydrogens (tertiary/aromatic N) is 3. The standard InChI is InChI=1S/C16H18N5O9PS/c17-15-19-12-9(13(25)20-15)18-16(32-7-3-1-6(22)2-4-7)21(12)14-11(24)10(23)8(30-14)5-29-31(26,27)28/h1-4,8,10-11,14,22-24H,5H2,(H2,26,27,28)(H3,17,19,20,25)/t8-,10-,11-,14-/m1/s1. The van der Waals surface area contributed by atoms with Gasteiger partial charge >= 0.3 is 7.82 Å². The van der Waals surface area contributed by atoms with Crippen molar-refractivity contribution in [1.29, 1.82) is 0 Å². The van der Waals surface area contributed by atoms with Crippen LogP contribution < -0.4 is 11.3 Å². The summed E-state index contributed by atoms with van der Waals surface area (Å²) in [4.78, 5) is 41.4. The number of aliphatic hydroxyl groups excluding tert-OH is 2. The summed E-state index contributed by atoms with van der Waals surface area (Å²) in [5, 5.41) is 30.5. The molecule has 1 aliphatic heterocycles. The van der Waals surface area contributed by atoms with Gasteiger partial charge in [0.05, 0.1) is 6.61 Å². The van der Waals surface area contributed by atoms with Gasteiger partial charge in [-0.25, -0.2) is 9.55 Å². The quantitative estimate of drug-likeness (QED) is 0.213. The Hall–Kier alpha value is -2.49. The molecule has 0 radical (unpaired) electrons. The maximum Gasteiger partial charge on any atom is 0.469 e. The zero-order chi connectivity index (χ0) is 23.2. The van der Waals surface area contributed by atoms with E-state index in [0.717, 1.165) is 11.8 Å². The minimum absolute atomic E-state index is 0.0410. The fourth-order valence-electron chi connectivity index (χ4n) is 3.15. The first-order chi connectivity index (χ1) is 15.0. The third-order valence-corrected chi connectivity index (χ3v) is 6.04. The summed E-state index contributed by atoms with van der Waals surface area (Å²) in [6.45, 7) is -0.706. The molecule has 3 heterocycles. The van der Waals surface area contributed by atoms with Crippen LogP contribution in [0.3, 0.4) is 0 Å². The predicted octanol–water partition coefficient (Wildman–Crippen LogP) is -0.713. The maximum atomic E-state index is 12.3. The van der Waals surface area contributed by atoms with Gasteiger partial charge in [-0.1, -0.05) is 11.8 Å². The molecule has 3 aromatic rings. The SMILES string of the molecule is Nc1nc2c(nc(Sc3ccc(O)cc3)n2[C@@H]2O[C@H](COP(=O)(O)O)[C@@H](O)[C@H]2O)c(=O)[nH]1. The summed E-state index contributed by atoms with van der Waals surface area (Å²) < 4.78 is 22.3. The van der Waals surface area contributed by atoms with Gasteiger partial charge in [-0.2, -0.15) is 4.98 Å². The van der Waals surface area contributed by atoms with Gasteiger partial charge in [0.2, 0.25) is 5.95 Å². The highest BCUT2D eigenvalue weighted by Crippen LogP contribution is 2.40. The number of rotatable bonds is 6. The third kappa shape index (κ3) is 4.51. The van der Waals surface area contributed by atoms with Crippen molar-refractivity contribution < 1.29 is 38.9 Å². The van der Waals surface area contributed by atoms with Crippen molar-refractivity contribution in [3.8, 4) is 5.75 Å². The number of aromatic amines is 1. The highest BCUT2D eigenvalue weighted by Gasteiger charge is 2.46. The number of nitrogen functional groups attached to an aromatic ring is 1. The third-order valence-electron chi connectivity index (χ3n) is 4.58. The first-order valence-corrected chi connectivity index (χ1v) is 11.3. The predicted molar refractivity (Wildman–Crippen MR) is 109 cm³/mol. The highest BCUT2D eigenvalue weighted by atomic mass is 32.2. The topological polar surface area (TPSA) is 226 Å². The first-order valence-electron chi connectivity index (χ1n) is 9.00. The van der Waals surface area contributed by atoms with Crippen LogP contribution in [0.2, 0.25) is 0 Å². The van der Waals surface area contributed by atoms with E-state index in [0.29, 0.717) is 4.90 Å².